The summed E-state index contributed by atoms with van der Waals surface area (Å²) < 4.78 is 0. The van der Waals surface area contributed by atoms with Crippen LogP contribution in [0.1, 0.15) is 11.3 Å². The lowest BCUT2D eigenvalue weighted by atomic mass is 10.0. The van der Waals surface area contributed by atoms with Crippen molar-refractivity contribution in [2.24, 2.45) is 5.92 Å². The van der Waals surface area contributed by atoms with Gasteiger partial charge in [-0.25, -0.2) is 0 Å². The van der Waals surface area contributed by atoms with Crippen molar-refractivity contribution in [3.63, 3.8) is 0 Å². The van der Waals surface area contributed by atoms with E-state index in [-0.39, 0.29) is 6.42 Å². The van der Waals surface area contributed by atoms with E-state index in [9.17, 15) is 14.7 Å². The molecular formula is C12H15N2O3-. The third-order valence-corrected chi connectivity index (χ3v) is 2.29. The summed E-state index contributed by atoms with van der Waals surface area (Å²) in [5.41, 5.74) is 1.61. The molecule has 0 saturated heterocycles. The molecule has 0 aliphatic carbocycles. The molecular weight excluding hydrogens is 220 g/mol. The van der Waals surface area contributed by atoms with Crippen molar-refractivity contribution in [3.8, 4) is 0 Å². The van der Waals surface area contributed by atoms with Crippen LogP contribution in [0.3, 0.4) is 0 Å². The standard InChI is InChI=1S/C12H16N2O3/c1-14(2)7-11-4-3-9(6-13-11)5-10(8-15)12(16)17/h3-4,6,8,10H,5,7H2,1-2H3,(H,16,17)/p-1. The zero-order valence-electron chi connectivity index (χ0n) is 9.92. The third-order valence-electron chi connectivity index (χ3n) is 2.29. The SMILES string of the molecule is CN(C)Cc1ccc(CC(C=O)C(=O)[O-])cn1. The van der Waals surface area contributed by atoms with E-state index in [0.29, 0.717) is 11.8 Å². The molecule has 0 radical (unpaired) electrons. The summed E-state index contributed by atoms with van der Waals surface area (Å²) in [4.78, 5) is 27.3. The van der Waals surface area contributed by atoms with E-state index in [1.165, 1.54) is 0 Å². The van der Waals surface area contributed by atoms with Gasteiger partial charge in [-0.1, -0.05) is 6.07 Å². The van der Waals surface area contributed by atoms with Crippen LogP contribution in [0.15, 0.2) is 18.3 Å². The number of aldehydes is 1. The van der Waals surface area contributed by atoms with Crippen LogP contribution in [-0.2, 0) is 22.6 Å². The number of carbonyl (C=O) groups is 2. The average Bonchev–Trinajstić information content (AvgIpc) is 2.26. The van der Waals surface area contributed by atoms with Gasteiger partial charge in [-0.15, -0.1) is 0 Å². The highest BCUT2D eigenvalue weighted by Crippen LogP contribution is 2.07. The number of hydrogen-bond donors (Lipinski definition) is 0. The number of carbonyl (C=O) groups excluding carboxylic acids is 2. The Morgan fingerprint density at radius 2 is 2.24 bits per heavy atom. The summed E-state index contributed by atoms with van der Waals surface area (Å²) in [5, 5.41) is 10.6. The predicted molar refractivity (Wildman–Crippen MR) is 59.9 cm³/mol. The fourth-order valence-electron chi connectivity index (χ4n) is 1.43. The van der Waals surface area contributed by atoms with Crippen LogP contribution < -0.4 is 5.11 Å². The minimum absolute atomic E-state index is 0.126. The molecule has 0 aliphatic rings. The van der Waals surface area contributed by atoms with E-state index in [2.05, 4.69) is 4.98 Å². The monoisotopic (exact) mass is 235 g/mol. The molecule has 17 heavy (non-hydrogen) atoms. The van der Waals surface area contributed by atoms with Gasteiger partial charge in [0.1, 0.15) is 6.29 Å². The van der Waals surface area contributed by atoms with Gasteiger partial charge in [0.05, 0.1) is 17.6 Å². The van der Waals surface area contributed by atoms with Gasteiger partial charge in [0, 0.05) is 12.7 Å². The van der Waals surface area contributed by atoms with Gasteiger partial charge in [0.25, 0.3) is 0 Å². The molecule has 1 unspecified atom stereocenters. The second kappa shape index (κ2) is 6.10. The van der Waals surface area contributed by atoms with Gasteiger partial charge in [0.2, 0.25) is 0 Å². The molecule has 0 amide bonds. The van der Waals surface area contributed by atoms with Crippen LogP contribution in [0.25, 0.3) is 0 Å². The fourth-order valence-corrected chi connectivity index (χ4v) is 1.43. The van der Waals surface area contributed by atoms with Crippen molar-refractivity contribution in [3.05, 3.63) is 29.6 Å². The summed E-state index contributed by atoms with van der Waals surface area (Å²) >= 11 is 0. The zero-order valence-corrected chi connectivity index (χ0v) is 9.92. The number of aliphatic carboxylic acids is 1. The van der Waals surface area contributed by atoms with Gasteiger partial charge in [0.15, 0.2) is 0 Å². The molecule has 5 nitrogen and oxygen atoms in total. The van der Waals surface area contributed by atoms with E-state index in [4.69, 9.17) is 0 Å². The lowest BCUT2D eigenvalue weighted by Gasteiger charge is -2.12. The lowest BCUT2D eigenvalue weighted by Crippen LogP contribution is -2.33. The average molecular weight is 235 g/mol. The first-order valence-corrected chi connectivity index (χ1v) is 5.27. The van der Waals surface area contributed by atoms with Gasteiger partial charge in [-0.05, 0) is 32.1 Å². The molecule has 92 valence electrons. The number of aromatic nitrogens is 1. The molecule has 1 atom stereocenters. The first kappa shape index (κ1) is 13.3. The Balaban J connectivity index is 2.67. The molecule has 0 N–H and O–H groups in total. The second-order valence-electron chi connectivity index (χ2n) is 4.16. The van der Waals surface area contributed by atoms with E-state index in [1.807, 2.05) is 25.1 Å². The van der Waals surface area contributed by atoms with Crippen LogP contribution >= 0.6 is 0 Å². The first-order valence-electron chi connectivity index (χ1n) is 5.27. The van der Waals surface area contributed by atoms with Crippen molar-refractivity contribution in [2.45, 2.75) is 13.0 Å². The molecule has 0 aliphatic heterocycles. The molecule has 1 heterocycles. The number of pyridine rings is 1. The zero-order chi connectivity index (χ0) is 12.8. The van der Waals surface area contributed by atoms with Gasteiger partial charge in [-0.2, -0.15) is 0 Å². The molecule has 0 spiro atoms. The largest absolute Gasteiger partial charge is 0.549 e. The minimum atomic E-state index is -1.35. The van der Waals surface area contributed by atoms with E-state index < -0.39 is 11.9 Å². The summed E-state index contributed by atoms with van der Waals surface area (Å²) in [6.07, 6.45) is 2.11. The minimum Gasteiger partial charge on any atom is -0.549 e. The highest BCUT2D eigenvalue weighted by molar-refractivity contribution is 5.85. The quantitative estimate of drug-likeness (QED) is 0.479. The Hall–Kier alpha value is -1.75. The predicted octanol–water partition coefficient (Wildman–Crippen LogP) is -0.749. The molecule has 0 bridgehead atoms. The van der Waals surface area contributed by atoms with Crippen molar-refractivity contribution >= 4 is 12.3 Å². The summed E-state index contributed by atoms with van der Waals surface area (Å²) in [6, 6.07) is 3.61. The van der Waals surface area contributed by atoms with Crippen LogP contribution in [0, 0.1) is 5.92 Å². The van der Waals surface area contributed by atoms with Crippen molar-refractivity contribution in [1.82, 2.24) is 9.88 Å². The molecule has 0 fully saturated rings. The Labute approximate surface area is 100 Å². The molecule has 1 rings (SSSR count). The number of rotatable bonds is 6. The normalized spacial score (nSPS) is 12.4. The van der Waals surface area contributed by atoms with E-state index >= 15 is 0 Å². The van der Waals surface area contributed by atoms with Crippen LogP contribution in [0.4, 0.5) is 0 Å². The number of carboxylic acid groups (broad SMARTS) is 1. The highest BCUT2D eigenvalue weighted by Gasteiger charge is 2.09. The van der Waals surface area contributed by atoms with Gasteiger partial charge < -0.3 is 19.6 Å². The molecule has 0 saturated carbocycles. The fraction of sp³-hybridized carbons (Fsp3) is 0.417. The van der Waals surface area contributed by atoms with Crippen LogP contribution in [0.2, 0.25) is 0 Å². The summed E-state index contributed by atoms with van der Waals surface area (Å²) in [5.74, 6) is -2.45. The summed E-state index contributed by atoms with van der Waals surface area (Å²) in [7, 11) is 3.88. The maximum absolute atomic E-state index is 10.6. The smallest absolute Gasteiger partial charge is 0.129 e. The van der Waals surface area contributed by atoms with Gasteiger partial charge in [-0.3, -0.25) is 4.98 Å². The number of nitrogens with zero attached hydrogens (tertiary/aromatic N) is 2. The Morgan fingerprint density at radius 3 is 2.65 bits per heavy atom. The molecule has 0 aromatic carbocycles. The number of carboxylic acids is 1. The molecule has 1 aromatic heterocycles. The topological polar surface area (TPSA) is 73.3 Å². The van der Waals surface area contributed by atoms with Crippen LogP contribution in [0.5, 0.6) is 0 Å². The Bertz CT molecular complexity index is 387. The lowest BCUT2D eigenvalue weighted by molar-refractivity contribution is -0.309. The number of hydrogen-bond acceptors (Lipinski definition) is 5. The van der Waals surface area contributed by atoms with Crippen molar-refractivity contribution in [1.29, 1.82) is 0 Å². The van der Waals surface area contributed by atoms with Crippen molar-refractivity contribution < 1.29 is 14.7 Å². The molecule has 1 aromatic rings. The van der Waals surface area contributed by atoms with E-state index in [1.54, 1.807) is 12.3 Å². The summed E-state index contributed by atoms with van der Waals surface area (Å²) in [6.45, 7) is 0.720. The second-order valence-corrected chi connectivity index (χ2v) is 4.16. The molecule has 5 heteroatoms. The van der Waals surface area contributed by atoms with Gasteiger partial charge >= 0.3 is 0 Å². The Kier molecular flexibility index (Phi) is 4.78. The highest BCUT2D eigenvalue weighted by atomic mass is 16.4. The van der Waals surface area contributed by atoms with E-state index in [0.717, 1.165) is 12.2 Å². The first-order chi connectivity index (χ1) is 8.02. The third kappa shape index (κ3) is 4.32. The maximum Gasteiger partial charge on any atom is 0.129 e. The Morgan fingerprint density at radius 1 is 1.53 bits per heavy atom. The maximum atomic E-state index is 10.6. The van der Waals surface area contributed by atoms with Crippen LogP contribution in [-0.4, -0.2) is 36.2 Å². The van der Waals surface area contributed by atoms with Crippen molar-refractivity contribution in [2.75, 3.05) is 14.1 Å².